The van der Waals surface area contributed by atoms with Crippen molar-refractivity contribution in [3.05, 3.63) is 38.3 Å². The van der Waals surface area contributed by atoms with E-state index in [4.69, 9.17) is 5.11 Å². The molecule has 1 atom stereocenters. The van der Waals surface area contributed by atoms with Gasteiger partial charge in [0.05, 0.1) is 11.3 Å². The Labute approximate surface area is 116 Å². The molecule has 0 saturated heterocycles. The number of nitro groups is 1. The highest BCUT2D eigenvalue weighted by atomic mass is 79.9. The van der Waals surface area contributed by atoms with Crippen molar-refractivity contribution in [2.45, 2.75) is 19.4 Å². The number of rotatable bonds is 5. The van der Waals surface area contributed by atoms with E-state index >= 15 is 0 Å². The first-order valence-corrected chi connectivity index (χ1v) is 6.05. The molecule has 2 N–H and O–H groups in total. The van der Waals surface area contributed by atoms with Gasteiger partial charge >= 0.3 is 5.97 Å². The average molecular weight is 331 g/mol. The number of amides is 1. The lowest BCUT2D eigenvalue weighted by Gasteiger charge is -2.09. The fourth-order valence-electron chi connectivity index (χ4n) is 1.32. The van der Waals surface area contributed by atoms with E-state index in [-0.39, 0.29) is 12.1 Å². The van der Waals surface area contributed by atoms with E-state index in [1.54, 1.807) is 0 Å². The van der Waals surface area contributed by atoms with Crippen molar-refractivity contribution in [2.75, 3.05) is 0 Å². The zero-order valence-corrected chi connectivity index (χ0v) is 11.5. The van der Waals surface area contributed by atoms with E-state index < -0.39 is 22.8 Å². The molecule has 8 heteroatoms. The lowest BCUT2D eigenvalue weighted by molar-refractivity contribution is -0.384. The van der Waals surface area contributed by atoms with Gasteiger partial charge in [0.1, 0.15) is 6.04 Å². The van der Waals surface area contributed by atoms with Crippen LogP contribution in [0.2, 0.25) is 0 Å². The number of carbonyl (C=O) groups is 2. The fraction of sp³-hybridized carbons (Fsp3) is 0.273. The average Bonchev–Trinajstić information content (AvgIpc) is 2.31. The number of aliphatic carboxylic acids is 1. The summed E-state index contributed by atoms with van der Waals surface area (Å²) in [6.07, 6.45) is -0.0593. The van der Waals surface area contributed by atoms with Crippen molar-refractivity contribution in [3.8, 4) is 0 Å². The first-order valence-electron chi connectivity index (χ1n) is 5.26. The number of hydrogen-bond donors (Lipinski definition) is 2. The zero-order valence-electron chi connectivity index (χ0n) is 9.92. The highest BCUT2D eigenvalue weighted by Gasteiger charge is 2.16. The van der Waals surface area contributed by atoms with Gasteiger partial charge in [0.25, 0.3) is 5.69 Å². The lowest BCUT2D eigenvalue weighted by atomic mass is 10.1. The van der Waals surface area contributed by atoms with Crippen molar-refractivity contribution < 1.29 is 19.6 Å². The van der Waals surface area contributed by atoms with Crippen molar-refractivity contribution in [3.63, 3.8) is 0 Å². The summed E-state index contributed by atoms with van der Waals surface area (Å²) in [6, 6.07) is 3.05. The molecule has 102 valence electrons. The molecule has 1 rings (SSSR count). The Morgan fingerprint density at radius 2 is 2.16 bits per heavy atom. The third-order valence-electron chi connectivity index (χ3n) is 2.35. The molecule has 1 aromatic rings. The van der Waals surface area contributed by atoms with Gasteiger partial charge in [-0.15, -0.1) is 0 Å². The molecule has 0 bridgehead atoms. The predicted molar refractivity (Wildman–Crippen MR) is 69.7 cm³/mol. The van der Waals surface area contributed by atoms with Crippen molar-refractivity contribution >= 4 is 33.5 Å². The number of non-ortho nitro benzene ring substituents is 1. The highest BCUT2D eigenvalue weighted by molar-refractivity contribution is 9.10. The van der Waals surface area contributed by atoms with E-state index in [0.717, 1.165) is 0 Å². The standard InChI is InChI=1S/C11H11BrN2O5/c1-6(11(16)17)13-10(15)4-7-2-3-8(14(18)19)5-9(7)12/h2-3,5-6H,4H2,1H3,(H,13,15)(H,16,17). The molecule has 0 aliphatic heterocycles. The van der Waals surface area contributed by atoms with E-state index in [1.807, 2.05) is 0 Å². The summed E-state index contributed by atoms with van der Waals surface area (Å²) >= 11 is 3.14. The normalized spacial score (nSPS) is 11.7. The first kappa shape index (κ1) is 15.1. The maximum absolute atomic E-state index is 11.6. The Kier molecular flexibility index (Phi) is 4.99. The molecule has 1 aromatic carbocycles. The molecule has 0 heterocycles. The predicted octanol–water partition coefficient (Wildman–Crippen LogP) is 1.49. The quantitative estimate of drug-likeness (QED) is 0.627. The number of halogens is 1. The number of hydrogen-bond acceptors (Lipinski definition) is 4. The Balaban J connectivity index is 2.75. The minimum atomic E-state index is -1.13. The molecule has 19 heavy (non-hydrogen) atoms. The topological polar surface area (TPSA) is 110 Å². The third-order valence-corrected chi connectivity index (χ3v) is 3.08. The second-order valence-corrected chi connectivity index (χ2v) is 4.69. The van der Waals surface area contributed by atoms with Gasteiger partial charge in [-0.1, -0.05) is 22.0 Å². The van der Waals surface area contributed by atoms with Crippen LogP contribution in [0.15, 0.2) is 22.7 Å². The van der Waals surface area contributed by atoms with Gasteiger partial charge in [0.2, 0.25) is 5.91 Å². The third kappa shape index (κ3) is 4.32. The summed E-state index contributed by atoms with van der Waals surface area (Å²) in [5.41, 5.74) is 0.454. The van der Waals surface area contributed by atoms with Crippen LogP contribution in [0.4, 0.5) is 5.69 Å². The maximum atomic E-state index is 11.6. The summed E-state index contributed by atoms with van der Waals surface area (Å²) in [5.74, 6) is -1.60. The second kappa shape index (κ2) is 6.28. The molecule has 1 amide bonds. The molecule has 0 saturated carbocycles. The van der Waals surface area contributed by atoms with Gasteiger partial charge in [-0.2, -0.15) is 0 Å². The summed E-state index contributed by atoms with van der Waals surface area (Å²) in [4.78, 5) is 32.2. The van der Waals surface area contributed by atoms with E-state index in [9.17, 15) is 19.7 Å². The number of benzene rings is 1. The molecule has 0 aliphatic carbocycles. The van der Waals surface area contributed by atoms with Gasteiger partial charge in [-0.3, -0.25) is 19.7 Å². The number of nitro benzene ring substituents is 1. The van der Waals surface area contributed by atoms with Crippen LogP contribution in [0.3, 0.4) is 0 Å². The van der Waals surface area contributed by atoms with Crippen LogP contribution >= 0.6 is 15.9 Å². The number of nitrogens with zero attached hydrogens (tertiary/aromatic N) is 1. The zero-order chi connectivity index (χ0) is 14.6. The van der Waals surface area contributed by atoms with E-state index in [2.05, 4.69) is 21.2 Å². The monoisotopic (exact) mass is 330 g/mol. The number of carboxylic acids is 1. The largest absolute Gasteiger partial charge is 0.480 e. The molecule has 1 unspecified atom stereocenters. The van der Waals surface area contributed by atoms with Gasteiger partial charge in [-0.05, 0) is 12.5 Å². The summed E-state index contributed by atoms with van der Waals surface area (Å²) in [7, 11) is 0. The van der Waals surface area contributed by atoms with Crippen molar-refractivity contribution in [2.24, 2.45) is 0 Å². The minimum absolute atomic E-state index is 0.0593. The number of carbonyl (C=O) groups excluding carboxylic acids is 1. The van der Waals surface area contributed by atoms with Crippen LogP contribution in [0.25, 0.3) is 0 Å². The molecular weight excluding hydrogens is 320 g/mol. The van der Waals surface area contributed by atoms with Crippen LogP contribution in [0.1, 0.15) is 12.5 Å². The molecular formula is C11H11BrN2O5. The summed E-state index contributed by atoms with van der Waals surface area (Å²) < 4.78 is 0.430. The van der Waals surface area contributed by atoms with Crippen LogP contribution in [-0.2, 0) is 16.0 Å². The smallest absolute Gasteiger partial charge is 0.325 e. The van der Waals surface area contributed by atoms with Crippen molar-refractivity contribution in [1.29, 1.82) is 0 Å². The molecule has 0 aliphatic rings. The summed E-state index contributed by atoms with van der Waals surface area (Å²) in [6.45, 7) is 1.35. The van der Waals surface area contributed by atoms with Crippen LogP contribution in [-0.4, -0.2) is 27.9 Å². The fourth-order valence-corrected chi connectivity index (χ4v) is 1.83. The van der Waals surface area contributed by atoms with Crippen LogP contribution in [0.5, 0.6) is 0 Å². The highest BCUT2D eigenvalue weighted by Crippen LogP contribution is 2.23. The molecule has 0 fully saturated rings. The lowest BCUT2D eigenvalue weighted by Crippen LogP contribution is -2.39. The number of carboxylic acid groups (broad SMARTS) is 1. The first-order chi connectivity index (χ1) is 8.81. The molecule has 0 aromatic heterocycles. The van der Waals surface area contributed by atoms with E-state index in [1.165, 1.54) is 25.1 Å². The van der Waals surface area contributed by atoms with Crippen LogP contribution in [0, 0.1) is 10.1 Å². The molecule has 7 nitrogen and oxygen atoms in total. The van der Waals surface area contributed by atoms with Gasteiger partial charge in [0.15, 0.2) is 0 Å². The Morgan fingerprint density at radius 3 is 2.63 bits per heavy atom. The Hall–Kier alpha value is -1.96. The molecule has 0 spiro atoms. The summed E-state index contributed by atoms with van der Waals surface area (Å²) in [5, 5.41) is 21.5. The van der Waals surface area contributed by atoms with Gasteiger partial charge in [-0.25, -0.2) is 0 Å². The Morgan fingerprint density at radius 1 is 1.53 bits per heavy atom. The van der Waals surface area contributed by atoms with Crippen molar-refractivity contribution in [1.82, 2.24) is 5.32 Å². The second-order valence-electron chi connectivity index (χ2n) is 3.84. The van der Waals surface area contributed by atoms with Gasteiger partial charge < -0.3 is 10.4 Å². The SMILES string of the molecule is CC(NC(=O)Cc1ccc([N+](=O)[O-])cc1Br)C(=O)O. The van der Waals surface area contributed by atoms with E-state index in [0.29, 0.717) is 10.0 Å². The number of nitrogens with one attached hydrogen (secondary N) is 1. The molecule has 0 radical (unpaired) electrons. The van der Waals surface area contributed by atoms with Crippen LogP contribution < -0.4 is 5.32 Å². The minimum Gasteiger partial charge on any atom is -0.480 e. The van der Waals surface area contributed by atoms with Gasteiger partial charge in [0, 0.05) is 16.6 Å². The maximum Gasteiger partial charge on any atom is 0.325 e. The Bertz CT molecular complexity index is 532.